The Bertz CT molecular complexity index is 1500. The molecule has 1 unspecified atom stereocenters. The second-order valence-electron chi connectivity index (χ2n) is 11.3. The third-order valence-electron chi connectivity index (χ3n) is 7.20. The third kappa shape index (κ3) is 7.07. The molecule has 3 aromatic carbocycles. The highest BCUT2D eigenvalue weighted by molar-refractivity contribution is 6.31. The lowest BCUT2D eigenvalue weighted by Crippen LogP contribution is -2.40. The Balaban J connectivity index is 1.23. The van der Waals surface area contributed by atoms with Crippen LogP contribution < -0.4 is 14.8 Å². The van der Waals surface area contributed by atoms with Crippen LogP contribution in [-0.2, 0) is 16.8 Å². The van der Waals surface area contributed by atoms with Crippen molar-refractivity contribution in [3.8, 4) is 28.6 Å². The largest absolute Gasteiger partial charge is 0.493 e. The molecule has 1 fully saturated rings. The number of anilines is 1. The maximum atomic E-state index is 13.4. The molecule has 1 saturated heterocycles. The minimum atomic E-state index is -0.214. The molecule has 9 heteroatoms. The van der Waals surface area contributed by atoms with E-state index in [4.69, 9.17) is 25.6 Å². The second-order valence-corrected chi connectivity index (χ2v) is 11.7. The summed E-state index contributed by atoms with van der Waals surface area (Å²) in [6.45, 7) is 8.46. The monoisotopic (exact) mass is 574 g/mol. The molecule has 0 aliphatic carbocycles. The van der Waals surface area contributed by atoms with Crippen LogP contribution in [0.4, 0.5) is 5.69 Å². The van der Waals surface area contributed by atoms with Gasteiger partial charge in [0.2, 0.25) is 17.6 Å². The third-order valence-corrected chi connectivity index (χ3v) is 7.44. The van der Waals surface area contributed by atoms with Crippen LogP contribution in [-0.4, -0.2) is 41.1 Å². The van der Waals surface area contributed by atoms with Crippen LogP contribution in [0.1, 0.15) is 45.1 Å². The SMILES string of the molecule is COc1ccccc1Oc1ccc(Cl)cc1NC(=O)C1CCCN(Cc2nc(-c3ccc(C(C)(C)C)cc3)no2)C1. The van der Waals surface area contributed by atoms with Gasteiger partial charge in [0.25, 0.3) is 0 Å². The van der Waals surface area contributed by atoms with Crippen molar-refractivity contribution in [2.24, 2.45) is 5.92 Å². The zero-order valence-corrected chi connectivity index (χ0v) is 24.6. The highest BCUT2D eigenvalue weighted by atomic mass is 35.5. The number of carbonyl (C=O) groups excluding carboxylic acids is 1. The Kier molecular flexibility index (Phi) is 8.61. The fourth-order valence-corrected chi connectivity index (χ4v) is 5.08. The Hall–Kier alpha value is -3.88. The summed E-state index contributed by atoms with van der Waals surface area (Å²) in [6.07, 6.45) is 1.66. The molecule has 41 heavy (non-hydrogen) atoms. The molecule has 0 radical (unpaired) electrons. The molecule has 1 aromatic heterocycles. The Morgan fingerprint density at radius 3 is 2.56 bits per heavy atom. The van der Waals surface area contributed by atoms with Gasteiger partial charge in [-0.25, -0.2) is 0 Å². The number of hydrogen-bond donors (Lipinski definition) is 1. The Labute approximate surface area is 245 Å². The van der Waals surface area contributed by atoms with E-state index in [0.717, 1.165) is 24.9 Å². The van der Waals surface area contributed by atoms with Gasteiger partial charge in [-0.1, -0.05) is 73.9 Å². The number of piperidine rings is 1. The molecular weight excluding hydrogens is 540 g/mol. The number of benzene rings is 3. The van der Waals surface area contributed by atoms with Crippen LogP contribution in [0.3, 0.4) is 0 Å². The molecule has 5 rings (SSSR count). The van der Waals surface area contributed by atoms with Crippen molar-refractivity contribution in [3.63, 3.8) is 0 Å². The van der Waals surface area contributed by atoms with Crippen LogP contribution in [0.2, 0.25) is 5.02 Å². The highest BCUT2D eigenvalue weighted by Crippen LogP contribution is 2.37. The van der Waals surface area contributed by atoms with Crippen LogP contribution in [0, 0.1) is 5.92 Å². The first-order chi connectivity index (χ1) is 19.7. The van der Waals surface area contributed by atoms with Gasteiger partial charge in [0.1, 0.15) is 0 Å². The minimum absolute atomic E-state index is 0.0782. The van der Waals surface area contributed by atoms with Crippen molar-refractivity contribution in [1.82, 2.24) is 15.0 Å². The van der Waals surface area contributed by atoms with Crippen molar-refractivity contribution in [2.75, 3.05) is 25.5 Å². The summed E-state index contributed by atoms with van der Waals surface area (Å²) in [6, 6.07) is 20.8. The number of nitrogens with one attached hydrogen (secondary N) is 1. The van der Waals surface area contributed by atoms with Crippen molar-refractivity contribution in [3.05, 3.63) is 83.2 Å². The molecule has 2 heterocycles. The van der Waals surface area contributed by atoms with E-state index in [2.05, 4.69) is 53.3 Å². The van der Waals surface area contributed by atoms with Gasteiger partial charge in [0.15, 0.2) is 17.2 Å². The maximum Gasteiger partial charge on any atom is 0.241 e. The van der Waals surface area contributed by atoms with Crippen LogP contribution >= 0.6 is 11.6 Å². The lowest BCUT2D eigenvalue weighted by Gasteiger charge is -2.31. The fraction of sp³-hybridized carbons (Fsp3) is 0.344. The smallest absolute Gasteiger partial charge is 0.241 e. The summed E-state index contributed by atoms with van der Waals surface area (Å²) in [4.78, 5) is 20.2. The molecule has 1 aliphatic rings. The molecule has 0 bridgehead atoms. The number of likely N-dealkylation sites (tertiary alicyclic amines) is 1. The Morgan fingerprint density at radius 1 is 1.07 bits per heavy atom. The average Bonchev–Trinajstić information content (AvgIpc) is 3.43. The van der Waals surface area contributed by atoms with E-state index in [1.807, 2.05) is 36.4 Å². The number of ether oxygens (including phenoxy) is 2. The number of carbonyl (C=O) groups is 1. The molecule has 1 N–H and O–H groups in total. The summed E-state index contributed by atoms with van der Waals surface area (Å²) in [5.74, 6) is 2.41. The molecule has 8 nitrogen and oxygen atoms in total. The van der Waals surface area contributed by atoms with E-state index >= 15 is 0 Å². The van der Waals surface area contributed by atoms with Gasteiger partial charge in [-0.2, -0.15) is 4.98 Å². The number of hydrogen-bond acceptors (Lipinski definition) is 7. The van der Waals surface area contributed by atoms with Gasteiger partial charge in [-0.15, -0.1) is 0 Å². The standard InChI is InChI=1S/C32H35ClN4O4/c1-32(2,3)23-13-11-21(12-14-23)30-35-29(41-36-30)20-37-17-7-8-22(19-37)31(38)34-25-18-24(33)15-16-26(25)40-28-10-6-5-9-27(28)39-4/h5-6,9-16,18,22H,7-8,17,19-20H2,1-4H3,(H,34,38). The van der Waals surface area contributed by atoms with E-state index in [-0.39, 0.29) is 17.2 Å². The van der Waals surface area contributed by atoms with Crippen molar-refractivity contribution < 1.29 is 18.8 Å². The summed E-state index contributed by atoms with van der Waals surface area (Å²) in [7, 11) is 1.58. The molecule has 1 atom stereocenters. The fourth-order valence-electron chi connectivity index (χ4n) is 4.91. The predicted octanol–water partition coefficient (Wildman–Crippen LogP) is 7.34. The van der Waals surface area contributed by atoms with Gasteiger partial charge < -0.3 is 19.3 Å². The average molecular weight is 575 g/mol. The van der Waals surface area contributed by atoms with Gasteiger partial charge >= 0.3 is 0 Å². The first kappa shape index (κ1) is 28.6. The minimum Gasteiger partial charge on any atom is -0.493 e. The number of para-hydroxylation sites is 2. The lowest BCUT2D eigenvalue weighted by atomic mass is 9.87. The van der Waals surface area contributed by atoms with Crippen LogP contribution in [0.5, 0.6) is 17.2 Å². The van der Waals surface area contributed by atoms with Crippen molar-refractivity contribution in [1.29, 1.82) is 0 Å². The number of amides is 1. The topological polar surface area (TPSA) is 89.7 Å². The summed E-state index contributed by atoms with van der Waals surface area (Å²) >= 11 is 6.27. The molecule has 0 saturated carbocycles. The lowest BCUT2D eigenvalue weighted by molar-refractivity contribution is -0.121. The number of nitrogens with zero attached hydrogens (tertiary/aromatic N) is 3. The maximum absolute atomic E-state index is 13.4. The predicted molar refractivity (Wildman–Crippen MR) is 160 cm³/mol. The molecule has 1 aliphatic heterocycles. The van der Waals surface area contributed by atoms with Crippen molar-refractivity contribution >= 4 is 23.2 Å². The van der Waals surface area contributed by atoms with E-state index in [1.54, 1.807) is 25.3 Å². The quantitative estimate of drug-likeness (QED) is 0.235. The molecule has 4 aromatic rings. The van der Waals surface area contributed by atoms with Crippen molar-refractivity contribution in [2.45, 2.75) is 45.6 Å². The first-order valence-electron chi connectivity index (χ1n) is 13.8. The molecule has 214 valence electrons. The molecule has 1 amide bonds. The normalized spacial score (nSPS) is 15.9. The zero-order chi connectivity index (χ0) is 29.0. The first-order valence-corrected chi connectivity index (χ1v) is 14.1. The van der Waals surface area contributed by atoms with E-state index in [1.165, 1.54) is 5.56 Å². The number of rotatable bonds is 8. The molecule has 0 spiro atoms. The summed E-state index contributed by atoms with van der Waals surface area (Å²) in [5, 5.41) is 7.73. The van der Waals surface area contributed by atoms with Gasteiger partial charge in [-0.3, -0.25) is 9.69 Å². The summed E-state index contributed by atoms with van der Waals surface area (Å²) in [5.41, 5.74) is 2.74. The van der Waals surface area contributed by atoms with Gasteiger partial charge in [-0.05, 0) is 60.7 Å². The number of halogens is 1. The van der Waals surface area contributed by atoms with E-state index in [0.29, 0.717) is 52.8 Å². The van der Waals surface area contributed by atoms with Crippen LogP contribution in [0.15, 0.2) is 71.3 Å². The van der Waals surface area contributed by atoms with Gasteiger partial charge in [0, 0.05) is 17.1 Å². The second kappa shape index (κ2) is 12.3. The number of methoxy groups -OCH3 is 1. The van der Waals surface area contributed by atoms with E-state index < -0.39 is 0 Å². The molecular formula is C32H35ClN4O4. The number of aromatic nitrogens is 2. The van der Waals surface area contributed by atoms with Crippen LogP contribution in [0.25, 0.3) is 11.4 Å². The summed E-state index contributed by atoms with van der Waals surface area (Å²) < 4.78 is 17.1. The zero-order valence-electron chi connectivity index (χ0n) is 23.8. The highest BCUT2D eigenvalue weighted by Gasteiger charge is 2.28. The van der Waals surface area contributed by atoms with E-state index in [9.17, 15) is 4.79 Å². The Morgan fingerprint density at radius 2 is 1.83 bits per heavy atom. The van der Waals surface area contributed by atoms with Gasteiger partial charge in [0.05, 0.1) is 25.3 Å².